The van der Waals surface area contributed by atoms with E-state index in [-0.39, 0.29) is 11.9 Å². The number of carbonyl (C=O) groups is 2. The molecule has 0 saturated carbocycles. The first-order chi connectivity index (χ1) is 12.1. The molecule has 0 radical (unpaired) electrons. The topological polar surface area (TPSA) is 86.8 Å². The van der Waals surface area contributed by atoms with E-state index in [9.17, 15) is 9.59 Å². The number of hydrogen-bond donors (Lipinski definition) is 2. The van der Waals surface area contributed by atoms with Crippen molar-refractivity contribution >= 4 is 11.9 Å². The van der Waals surface area contributed by atoms with E-state index in [1.807, 2.05) is 26.0 Å². The molecule has 0 spiro atoms. The van der Waals surface area contributed by atoms with Gasteiger partial charge < -0.3 is 20.3 Å². The Hall–Kier alpha value is -2.35. The van der Waals surface area contributed by atoms with Crippen LogP contribution in [0.1, 0.15) is 19.4 Å². The number of hydrogen-bond acceptors (Lipinski definition) is 5. The highest BCUT2D eigenvalue weighted by Gasteiger charge is 2.22. The number of piperazine rings is 1. The second-order valence-electron chi connectivity index (χ2n) is 5.78. The van der Waals surface area contributed by atoms with Crippen LogP contribution in [-0.4, -0.2) is 72.6 Å². The summed E-state index contributed by atoms with van der Waals surface area (Å²) in [5.41, 5.74) is 0.854. The number of amides is 3. The lowest BCUT2D eigenvalue weighted by Gasteiger charge is -2.34. The van der Waals surface area contributed by atoms with Gasteiger partial charge in [0.15, 0.2) is 0 Å². The summed E-state index contributed by atoms with van der Waals surface area (Å²) in [7, 11) is 0. The van der Waals surface area contributed by atoms with Crippen molar-refractivity contribution < 1.29 is 14.3 Å². The summed E-state index contributed by atoms with van der Waals surface area (Å²) in [6, 6.07) is 3.61. The number of likely N-dealkylation sites (N-methyl/N-ethyl adjacent to an activating group) is 1. The standard InChI is InChI=1S/C17H27N5O3/c1-3-18-15(23)13-21-8-10-22(11-9-21)17(24)20-12-14-6-5-7-19-16(14)25-4-2/h5-7H,3-4,8-13H2,1-2H3,(H,18,23)(H,20,24). The zero-order valence-corrected chi connectivity index (χ0v) is 15.0. The third-order valence-electron chi connectivity index (χ3n) is 3.96. The molecule has 2 N–H and O–H groups in total. The maximum atomic E-state index is 12.3. The second-order valence-corrected chi connectivity index (χ2v) is 5.78. The Kier molecular flexibility index (Phi) is 7.46. The van der Waals surface area contributed by atoms with Gasteiger partial charge in [-0.15, -0.1) is 0 Å². The molecule has 0 aliphatic carbocycles. The molecule has 2 heterocycles. The van der Waals surface area contributed by atoms with Crippen molar-refractivity contribution in [1.82, 2.24) is 25.4 Å². The molecule has 8 heteroatoms. The Morgan fingerprint density at radius 1 is 1.20 bits per heavy atom. The summed E-state index contributed by atoms with van der Waals surface area (Å²) >= 11 is 0. The van der Waals surface area contributed by atoms with Crippen molar-refractivity contribution in [3.8, 4) is 5.88 Å². The number of aromatic nitrogens is 1. The van der Waals surface area contributed by atoms with Crippen LogP contribution in [0.25, 0.3) is 0 Å². The Morgan fingerprint density at radius 2 is 1.96 bits per heavy atom. The number of pyridine rings is 1. The minimum atomic E-state index is -0.107. The molecule has 1 aliphatic rings. The van der Waals surface area contributed by atoms with Gasteiger partial charge in [-0.25, -0.2) is 9.78 Å². The van der Waals surface area contributed by atoms with Gasteiger partial charge in [-0.05, 0) is 19.9 Å². The normalized spacial score (nSPS) is 14.9. The van der Waals surface area contributed by atoms with Crippen molar-refractivity contribution in [2.75, 3.05) is 45.9 Å². The number of rotatable bonds is 7. The molecule has 8 nitrogen and oxygen atoms in total. The maximum absolute atomic E-state index is 12.3. The van der Waals surface area contributed by atoms with Gasteiger partial charge in [0.05, 0.1) is 13.2 Å². The van der Waals surface area contributed by atoms with Crippen LogP contribution >= 0.6 is 0 Å². The molecule has 0 aromatic carbocycles. The Labute approximate surface area is 148 Å². The molecule has 1 aromatic rings. The summed E-state index contributed by atoms with van der Waals surface area (Å²) in [5.74, 6) is 0.581. The number of urea groups is 1. The molecule has 1 fully saturated rings. The van der Waals surface area contributed by atoms with Crippen molar-refractivity contribution in [1.29, 1.82) is 0 Å². The first-order valence-electron chi connectivity index (χ1n) is 8.72. The maximum Gasteiger partial charge on any atom is 0.317 e. The van der Waals surface area contributed by atoms with E-state index >= 15 is 0 Å². The average Bonchev–Trinajstić information content (AvgIpc) is 2.62. The third kappa shape index (κ3) is 5.90. The Bertz CT molecular complexity index is 573. The fourth-order valence-corrected chi connectivity index (χ4v) is 2.67. The summed E-state index contributed by atoms with van der Waals surface area (Å²) in [5, 5.41) is 5.70. The van der Waals surface area contributed by atoms with Crippen molar-refractivity contribution in [2.45, 2.75) is 20.4 Å². The summed E-state index contributed by atoms with van der Waals surface area (Å²) in [4.78, 5) is 31.9. The molecule has 0 atom stereocenters. The number of nitrogens with zero attached hydrogens (tertiary/aromatic N) is 3. The Balaban J connectivity index is 1.77. The summed E-state index contributed by atoms with van der Waals surface area (Å²) in [6.45, 7) is 8.34. The lowest BCUT2D eigenvalue weighted by Crippen LogP contribution is -2.53. The second kappa shape index (κ2) is 9.83. The highest BCUT2D eigenvalue weighted by atomic mass is 16.5. The quantitative estimate of drug-likeness (QED) is 0.746. The van der Waals surface area contributed by atoms with Crippen LogP contribution in [0.15, 0.2) is 18.3 Å². The van der Waals surface area contributed by atoms with E-state index in [2.05, 4.69) is 20.5 Å². The van der Waals surface area contributed by atoms with Gasteiger partial charge in [0.1, 0.15) is 0 Å². The highest BCUT2D eigenvalue weighted by molar-refractivity contribution is 5.78. The van der Waals surface area contributed by atoms with E-state index in [0.29, 0.717) is 58.3 Å². The van der Waals surface area contributed by atoms with Gasteiger partial charge in [-0.1, -0.05) is 6.07 Å². The molecule has 1 aliphatic heterocycles. The number of nitrogens with one attached hydrogen (secondary N) is 2. The SMILES string of the molecule is CCNC(=O)CN1CCN(C(=O)NCc2cccnc2OCC)CC1. The number of carbonyl (C=O) groups excluding carboxylic acids is 2. The molecule has 25 heavy (non-hydrogen) atoms. The average molecular weight is 349 g/mol. The predicted octanol–water partition coefficient (Wildman–Crippen LogP) is 0.444. The minimum Gasteiger partial charge on any atom is -0.478 e. The molecule has 2 rings (SSSR count). The smallest absolute Gasteiger partial charge is 0.317 e. The molecular weight excluding hydrogens is 322 g/mol. The van der Waals surface area contributed by atoms with Crippen LogP contribution in [0.2, 0.25) is 0 Å². The molecule has 0 bridgehead atoms. The lowest BCUT2D eigenvalue weighted by atomic mass is 10.2. The van der Waals surface area contributed by atoms with Crippen LogP contribution in [-0.2, 0) is 11.3 Å². The highest BCUT2D eigenvalue weighted by Crippen LogP contribution is 2.14. The van der Waals surface area contributed by atoms with E-state index in [1.54, 1.807) is 11.1 Å². The zero-order valence-electron chi connectivity index (χ0n) is 15.0. The van der Waals surface area contributed by atoms with E-state index in [0.717, 1.165) is 5.56 Å². The van der Waals surface area contributed by atoms with Gasteiger partial charge >= 0.3 is 6.03 Å². The first-order valence-corrected chi connectivity index (χ1v) is 8.72. The third-order valence-corrected chi connectivity index (χ3v) is 3.96. The van der Waals surface area contributed by atoms with Crippen LogP contribution in [0.3, 0.4) is 0 Å². The summed E-state index contributed by atoms with van der Waals surface area (Å²) < 4.78 is 5.47. The van der Waals surface area contributed by atoms with Gasteiger partial charge in [0.2, 0.25) is 11.8 Å². The predicted molar refractivity (Wildman–Crippen MR) is 94.3 cm³/mol. The zero-order chi connectivity index (χ0) is 18.1. The lowest BCUT2D eigenvalue weighted by molar-refractivity contribution is -0.122. The van der Waals surface area contributed by atoms with Gasteiger partial charge in [-0.3, -0.25) is 9.69 Å². The van der Waals surface area contributed by atoms with E-state index in [1.165, 1.54) is 0 Å². The van der Waals surface area contributed by atoms with Gasteiger partial charge in [0.25, 0.3) is 0 Å². The molecule has 0 unspecified atom stereocenters. The molecule has 1 saturated heterocycles. The molecular formula is C17H27N5O3. The van der Waals surface area contributed by atoms with Crippen LogP contribution in [0.4, 0.5) is 4.79 Å². The van der Waals surface area contributed by atoms with Crippen molar-refractivity contribution in [2.24, 2.45) is 0 Å². The Morgan fingerprint density at radius 3 is 2.64 bits per heavy atom. The molecule has 3 amide bonds. The van der Waals surface area contributed by atoms with Crippen LogP contribution in [0, 0.1) is 0 Å². The monoisotopic (exact) mass is 349 g/mol. The van der Waals surface area contributed by atoms with Crippen molar-refractivity contribution in [3.63, 3.8) is 0 Å². The van der Waals surface area contributed by atoms with Gasteiger partial charge in [0, 0.05) is 51.0 Å². The molecule has 138 valence electrons. The largest absolute Gasteiger partial charge is 0.478 e. The van der Waals surface area contributed by atoms with Crippen molar-refractivity contribution in [3.05, 3.63) is 23.9 Å². The number of ether oxygens (including phenoxy) is 1. The fraction of sp³-hybridized carbons (Fsp3) is 0.588. The fourth-order valence-electron chi connectivity index (χ4n) is 2.67. The van der Waals surface area contributed by atoms with E-state index in [4.69, 9.17) is 4.74 Å². The van der Waals surface area contributed by atoms with E-state index < -0.39 is 0 Å². The first kappa shape index (κ1) is 19.0. The van der Waals surface area contributed by atoms with Crippen LogP contribution < -0.4 is 15.4 Å². The van der Waals surface area contributed by atoms with Gasteiger partial charge in [-0.2, -0.15) is 0 Å². The summed E-state index contributed by atoms with van der Waals surface area (Å²) in [6.07, 6.45) is 1.67. The minimum absolute atomic E-state index is 0.0282. The molecule has 1 aromatic heterocycles. The van der Waals surface area contributed by atoms with Crippen LogP contribution in [0.5, 0.6) is 5.88 Å².